The fourth-order valence-electron chi connectivity index (χ4n) is 12.9. The highest BCUT2D eigenvalue weighted by molar-refractivity contribution is 7.12. The highest BCUT2D eigenvalue weighted by atomic mass is 16.3. The minimum atomic E-state index is 0.0820. The van der Waals surface area contributed by atoms with E-state index in [-0.39, 0.29) is 26.9 Å². The number of hydrogen-bond acceptors (Lipinski definition) is 2. The zero-order valence-electron chi connectivity index (χ0n) is 39.4. The molecule has 2 nitrogen and oxygen atoms in total. The van der Waals surface area contributed by atoms with Crippen LogP contribution in [0.15, 0.2) is 264 Å². The van der Waals surface area contributed by atoms with Gasteiger partial charge in [-0.05, 0) is 23.3 Å². The SMILES string of the molecule is c1ccc(B2c3ccccc3B(c3ccc(-c4c5oc6ccccc6c5c(-c5ccc(B6c7ccccc7B(c7ccccc7)c7ccccc76)cc5)c5oc6ccccc6c45)cc3)c3ccccc32)cc1. The summed E-state index contributed by atoms with van der Waals surface area (Å²) in [6.07, 6.45) is 0. The molecular weight excluding hydrogens is 868 g/mol. The van der Waals surface area contributed by atoms with Crippen LogP contribution in [-0.2, 0) is 0 Å². The number of benzene rings is 11. The number of fused-ring (bicyclic) bond motifs is 10. The van der Waals surface area contributed by atoms with E-state index in [1.165, 1.54) is 65.6 Å². The van der Waals surface area contributed by atoms with Gasteiger partial charge in [-0.3, -0.25) is 0 Å². The molecule has 0 spiro atoms. The van der Waals surface area contributed by atoms with Crippen LogP contribution >= 0.6 is 0 Å². The average Bonchev–Trinajstić information content (AvgIpc) is 4.03. The molecule has 11 aromatic carbocycles. The molecule has 0 aliphatic carbocycles. The number of furan rings is 2. The first-order valence-electron chi connectivity index (χ1n) is 25.2. The quantitative estimate of drug-likeness (QED) is 0.162. The second kappa shape index (κ2) is 16.4. The summed E-state index contributed by atoms with van der Waals surface area (Å²) < 4.78 is 14.2. The molecule has 2 aromatic heterocycles. The first-order chi connectivity index (χ1) is 35.8. The van der Waals surface area contributed by atoms with Crippen LogP contribution in [0.4, 0.5) is 0 Å². The van der Waals surface area contributed by atoms with Gasteiger partial charge in [-0.1, -0.05) is 308 Å². The maximum Gasteiger partial charge on any atom is 0.240 e. The normalized spacial score (nSPS) is 12.9. The van der Waals surface area contributed by atoms with Crippen molar-refractivity contribution in [1.82, 2.24) is 0 Å². The summed E-state index contributed by atoms with van der Waals surface area (Å²) in [5.74, 6) is 0. The lowest BCUT2D eigenvalue weighted by atomic mass is 9.21. The van der Waals surface area contributed by atoms with Gasteiger partial charge in [0.05, 0.1) is 0 Å². The Morgan fingerprint density at radius 3 is 0.778 bits per heavy atom. The Labute approximate surface area is 419 Å². The highest BCUT2D eigenvalue weighted by Gasteiger charge is 2.40. The lowest BCUT2D eigenvalue weighted by Gasteiger charge is -2.32. The van der Waals surface area contributed by atoms with E-state index in [1.807, 2.05) is 0 Å². The molecule has 2 aliphatic heterocycles. The molecule has 0 amide bonds. The van der Waals surface area contributed by atoms with Crippen molar-refractivity contribution < 1.29 is 8.83 Å². The Hall–Kier alpha value is -8.72. The van der Waals surface area contributed by atoms with E-state index in [0.29, 0.717) is 0 Å². The summed E-state index contributed by atoms with van der Waals surface area (Å²) in [4.78, 5) is 0. The van der Waals surface area contributed by atoms with E-state index in [0.717, 1.165) is 66.1 Å². The van der Waals surface area contributed by atoms with E-state index in [1.54, 1.807) is 0 Å². The van der Waals surface area contributed by atoms with Crippen molar-refractivity contribution in [3.05, 3.63) is 255 Å². The molecule has 0 atom stereocenters. The van der Waals surface area contributed by atoms with Gasteiger partial charge >= 0.3 is 0 Å². The smallest absolute Gasteiger partial charge is 0.240 e. The first kappa shape index (κ1) is 41.1. The van der Waals surface area contributed by atoms with Gasteiger partial charge in [-0.25, -0.2) is 0 Å². The summed E-state index contributed by atoms with van der Waals surface area (Å²) in [5.41, 5.74) is 23.7. The van der Waals surface area contributed by atoms with Gasteiger partial charge in [-0.2, -0.15) is 0 Å². The molecular formula is C66H42B4O2. The second-order valence-electron chi connectivity index (χ2n) is 19.7. The molecule has 0 radical (unpaired) electrons. The molecule has 13 aromatic rings. The molecule has 330 valence electrons. The Kier molecular flexibility index (Phi) is 9.38. The van der Waals surface area contributed by atoms with Crippen LogP contribution in [0.25, 0.3) is 66.1 Å². The summed E-state index contributed by atoms with van der Waals surface area (Å²) >= 11 is 0. The molecule has 6 heteroatoms. The molecule has 0 unspecified atom stereocenters. The third-order valence-electron chi connectivity index (χ3n) is 15.9. The predicted octanol–water partition coefficient (Wildman–Crippen LogP) is 7.51. The molecule has 4 heterocycles. The average molecular weight is 910 g/mol. The first-order valence-corrected chi connectivity index (χ1v) is 25.2. The predicted molar refractivity (Wildman–Crippen MR) is 309 cm³/mol. The highest BCUT2D eigenvalue weighted by Crippen LogP contribution is 2.50. The fraction of sp³-hybridized carbons (Fsp3) is 0. The van der Waals surface area contributed by atoms with Crippen LogP contribution < -0.4 is 65.6 Å². The summed E-state index contributed by atoms with van der Waals surface area (Å²) in [6.45, 7) is 0.500. The van der Waals surface area contributed by atoms with Crippen LogP contribution in [0.2, 0.25) is 0 Å². The molecule has 2 aliphatic rings. The summed E-state index contributed by atoms with van der Waals surface area (Å²) in [6, 6.07) is 93.6. The molecule has 15 rings (SSSR count). The van der Waals surface area contributed by atoms with Crippen LogP contribution in [0.1, 0.15) is 0 Å². The maximum absolute atomic E-state index is 7.12. The lowest BCUT2D eigenvalue weighted by molar-refractivity contribution is 0.665. The molecule has 0 saturated heterocycles. The Bertz CT molecular complexity index is 3870. The third kappa shape index (κ3) is 6.22. The van der Waals surface area contributed by atoms with E-state index in [4.69, 9.17) is 8.83 Å². The molecule has 0 bridgehead atoms. The number of rotatable bonds is 6. The van der Waals surface area contributed by atoms with E-state index >= 15 is 0 Å². The van der Waals surface area contributed by atoms with Gasteiger partial charge in [0.2, 0.25) is 26.9 Å². The number of hydrogen-bond donors (Lipinski definition) is 0. The van der Waals surface area contributed by atoms with Gasteiger partial charge in [0, 0.05) is 32.7 Å². The lowest BCUT2D eigenvalue weighted by Crippen LogP contribution is -2.74. The van der Waals surface area contributed by atoms with E-state index in [9.17, 15) is 0 Å². The Morgan fingerprint density at radius 2 is 0.472 bits per heavy atom. The Morgan fingerprint density at radius 1 is 0.222 bits per heavy atom. The van der Waals surface area contributed by atoms with Gasteiger partial charge in [-0.15, -0.1) is 0 Å². The van der Waals surface area contributed by atoms with Crippen LogP contribution in [0.3, 0.4) is 0 Å². The van der Waals surface area contributed by atoms with Crippen LogP contribution in [0, 0.1) is 0 Å². The van der Waals surface area contributed by atoms with Crippen molar-refractivity contribution in [3.63, 3.8) is 0 Å². The zero-order chi connectivity index (χ0) is 47.3. The van der Waals surface area contributed by atoms with Crippen LogP contribution in [0.5, 0.6) is 0 Å². The third-order valence-corrected chi connectivity index (χ3v) is 15.9. The van der Waals surface area contributed by atoms with Crippen molar-refractivity contribution in [1.29, 1.82) is 0 Å². The molecule has 0 fully saturated rings. The maximum atomic E-state index is 7.12. The summed E-state index contributed by atoms with van der Waals surface area (Å²) in [5, 5.41) is 4.25. The summed E-state index contributed by atoms with van der Waals surface area (Å²) in [7, 11) is 0. The Balaban J connectivity index is 0.898. The van der Waals surface area contributed by atoms with E-state index in [2.05, 4.69) is 255 Å². The van der Waals surface area contributed by atoms with Gasteiger partial charge in [0.15, 0.2) is 0 Å². The fourth-order valence-corrected chi connectivity index (χ4v) is 12.9. The zero-order valence-corrected chi connectivity index (χ0v) is 39.4. The minimum Gasteiger partial charge on any atom is -0.455 e. The van der Waals surface area contributed by atoms with Crippen molar-refractivity contribution in [2.75, 3.05) is 0 Å². The van der Waals surface area contributed by atoms with E-state index < -0.39 is 0 Å². The van der Waals surface area contributed by atoms with Crippen molar-refractivity contribution in [2.24, 2.45) is 0 Å². The molecule has 0 saturated carbocycles. The van der Waals surface area contributed by atoms with Gasteiger partial charge in [0.25, 0.3) is 0 Å². The standard InChI is InChI=1S/C66H42B4O2/c1-3-19-45(20-4-1)67-51-25-9-13-29-55(51)69(56-30-14-10-26-52(56)67)47-39-35-43(36-40-47)61-63-49-23-7-17-33-59(49)72-66(63)62(64-50-24-8-18-34-60(50)71-65(61)64)44-37-41-48(42-38-44)70-57-31-15-11-27-53(57)68(46-21-5-2-6-22-46)54-28-12-16-32-58(54)70/h1-42H. The monoisotopic (exact) mass is 910 g/mol. The largest absolute Gasteiger partial charge is 0.455 e. The number of para-hydroxylation sites is 2. The second-order valence-corrected chi connectivity index (χ2v) is 19.7. The van der Waals surface area contributed by atoms with Crippen molar-refractivity contribution in [2.45, 2.75) is 0 Å². The van der Waals surface area contributed by atoms with Crippen LogP contribution in [-0.4, -0.2) is 26.9 Å². The van der Waals surface area contributed by atoms with Gasteiger partial charge in [0.1, 0.15) is 22.3 Å². The minimum absolute atomic E-state index is 0.0820. The van der Waals surface area contributed by atoms with Crippen molar-refractivity contribution >= 4 is 136 Å². The molecule has 0 N–H and O–H groups in total. The van der Waals surface area contributed by atoms with Crippen molar-refractivity contribution in [3.8, 4) is 22.3 Å². The van der Waals surface area contributed by atoms with Gasteiger partial charge < -0.3 is 8.83 Å². The molecule has 72 heavy (non-hydrogen) atoms. The topological polar surface area (TPSA) is 26.3 Å².